The van der Waals surface area contributed by atoms with E-state index in [1.807, 2.05) is 4.90 Å². The number of piperidine rings is 1. The van der Waals surface area contributed by atoms with Crippen LogP contribution in [0.5, 0.6) is 5.75 Å². The van der Waals surface area contributed by atoms with E-state index in [1.54, 1.807) is 24.3 Å². The summed E-state index contributed by atoms with van der Waals surface area (Å²) in [6.07, 6.45) is 10.2. The molecule has 24 heavy (non-hydrogen) atoms. The molecule has 1 fully saturated rings. The van der Waals surface area contributed by atoms with Crippen LogP contribution in [0.25, 0.3) is 0 Å². The summed E-state index contributed by atoms with van der Waals surface area (Å²) in [7, 11) is 0. The number of ether oxygens (including phenoxy) is 1. The lowest BCUT2D eigenvalue weighted by Crippen LogP contribution is -2.46. The quantitative estimate of drug-likeness (QED) is 0.863. The second-order valence-electron chi connectivity index (χ2n) is 6.82. The molecule has 1 aromatic carbocycles. The van der Waals surface area contributed by atoms with Crippen molar-refractivity contribution in [2.45, 2.75) is 32.1 Å². The predicted molar refractivity (Wildman–Crippen MR) is 91.7 cm³/mol. The fourth-order valence-corrected chi connectivity index (χ4v) is 3.73. The molecule has 1 unspecified atom stereocenters. The van der Waals surface area contributed by atoms with E-state index in [4.69, 9.17) is 10.5 Å². The van der Waals surface area contributed by atoms with Gasteiger partial charge >= 0.3 is 0 Å². The third-order valence-electron chi connectivity index (χ3n) is 4.99. The third-order valence-corrected chi connectivity index (χ3v) is 4.99. The molecule has 0 radical (unpaired) electrons. The lowest BCUT2D eigenvalue weighted by Gasteiger charge is -2.44. The van der Waals surface area contributed by atoms with Crippen LogP contribution in [0.3, 0.4) is 0 Å². The van der Waals surface area contributed by atoms with Crippen molar-refractivity contribution in [2.24, 2.45) is 11.1 Å². The molecule has 128 valence electrons. The van der Waals surface area contributed by atoms with Gasteiger partial charge in [-0.1, -0.05) is 12.2 Å². The molecule has 1 saturated heterocycles. The van der Waals surface area contributed by atoms with Gasteiger partial charge in [-0.2, -0.15) is 0 Å². The summed E-state index contributed by atoms with van der Waals surface area (Å²) in [4.78, 5) is 25.5. The number of carbonyl (C=O) groups is 2. The number of hydrogen-bond acceptors (Lipinski definition) is 3. The van der Waals surface area contributed by atoms with Gasteiger partial charge in [-0.3, -0.25) is 9.59 Å². The summed E-state index contributed by atoms with van der Waals surface area (Å²) < 4.78 is 5.23. The van der Waals surface area contributed by atoms with Crippen LogP contribution in [0, 0.1) is 5.41 Å². The minimum atomic E-state index is -0.518. The van der Waals surface area contributed by atoms with Gasteiger partial charge in [0.1, 0.15) is 5.75 Å². The maximum atomic E-state index is 12.8. The Morgan fingerprint density at radius 3 is 2.62 bits per heavy atom. The summed E-state index contributed by atoms with van der Waals surface area (Å²) in [6.45, 7) is 1.51. The molecule has 2 amide bonds. The molecule has 1 aliphatic carbocycles. The standard InChI is InChI=1S/C19H24N2O3/c20-17(22)13-24-16-7-5-15(6-8-16)18(23)21-12-4-11-19(14-21)9-2-1-3-10-19/h1-2,5-8H,3-4,9-14H2,(H2,20,22). The van der Waals surface area contributed by atoms with Gasteiger partial charge in [0.05, 0.1) is 0 Å². The van der Waals surface area contributed by atoms with E-state index in [2.05, 4.69) is 12.2 Å². The highest BCUT2D eigenvalue weighted by Gasteiger charge is 2.36. The van der Waals surface area contributed by atoms with E-state index in [9.17, 15) is 9.59 Å². The first-order valence-corrected chi connectivity index (χ1v) is 8.53. The Morgan fingerprint density at radius 2 is 1.96 bits per heavy atom. The van der Waals surface area contributed by atoms with Crippen molar-refractivity contribution in [1.29, 1.82) is 0 Å². The highest BCUT2D eigenvalue weighted by molar-refractivity contribution is 5.94. The molecule has 1 heterocycles. The van der Waals surface area contributed by atoms with Crippen LogP contribution in [0.15, 0.2) is 36.4 Å². The van der Waals surface area contributed by atoms with E-state index in [-0.39, 0.29) is 17.9 Å². The smallest absolute Gasteiger partial charge is 0.255 e. The summed E-state index contributed by atoms with van der Waals surface area (Å²) >= 11 is 0. The molecule has 1 aliphatic heterocycles. The molecule has 1 aromatic rings. The minimum Gasteiger partial charge on any atom is -0.484 e. The van der Waals surface area contributed by atoms with Crippen molar-refractivity contribution in [3.8, 4) is 5.75 Å². The third kappa shape index (κ3) is 3.78. The molecule has 5 heteroatoms. The number of benzene rings is 1. The number of hydrogen-bond donors (Lipinski definition) is 1. The molecule has 0 bridgehead atoms. The molecular weight excluding hydrogens is 304 g/mol. The number of amides is 2. The van der Waals surface area contributed by atoms with Gasteiger partial charge in [-0.15, -0.1) is 0 Å². The van der Waals surface area contributed by atoms with Gasteiger partial charge < -0.3 is 15.4 Å². The Hall–Kier alpha value is -2.30. The van der Waals surface area contributed by atoms with Gasteiger partial charge in [-0.25, -0.2) is 0 Å². The second-order valence-corrected chi connectivity index (χ2v) is 6.82. The fraction of sp³-hybridized carbons (Fsp3) is 0.474. The lowest BCUT2D eigenvalue weighted by atomic mass is 9.71. The summed E-state index contributed by atoms with van der Waals surface area (Å²) in [5.74, 6) is 0.0956. The number of primary amides is 1. The van der Waals surface area contributed by atoms with Crippen molar-refractivity contribution in [1.82, 2.24) is 4.90 Å². The molecule has 5 nitrogen and oxygen atoms in total. The second kappa shape index (κ2) is 7.07. The number of nitrogens with zero attached hydrogens (tertiary/aromatic N) is 1. The molecule has 1 atom stereocenters. The Bertz CT molecular complexity index is 639. The maximum absolute atomic E-state index is 12.8. The lowest BCUT2D eigenvalue weighted by molar-refractivity contribution is -0.119. The van der Waals surface area contributed by atoms with Crippen LogP contribution in [0.1, 0.15) is 42.5 Å². The van der Waals surface area contributed by atoms with Gasteiger partial charge in [0, 0.05) is 18.7 Å². The monoisotopic (exact) mass is 328 g/mol. The van der Waals surface area contributed by atoms with Gasteiger partial charge in [0.2, 0.25) is 0 Å². The summed E-state index contributed by atoms with van der Waals surface area (Å²) in [5.41, 5.74) is 5.98. The van der Waals surface area contributed by atoms with Crippen LogP contribution in [-0.2, 0) is 4.79 Å². The van der Waals surface area contributed by atoms with Crippen molar-refractivity contribution >= 4 is 11.8 Å². The number of likely N-dealkylation sites (tertiary alicyclic amines) is 1. The van der Waals surface area contributed by atoms with Crippen molar-refractivity contribution in [3.05, 3.63) is 42.0 Å². The zero-order valence-electron chi connectivity index (χ0n) is 13.9. The molecule has 3 rings (SSSR count). The van der Waals surface area contributed by atoms with Crippen molar-refractivity contribution in [2.75, 3.05) is 19.7 Å². The van der Waals surface area contributed by atoms with Gasteiger partial charge in [0.15, 0.2) is 6.61 Å². The maximum Gasteiger partial charge on any atom is 0.255 e. The SMILES string of the molecule is NC(=O)COc1ccc(C(=O)N2CCCC3(CC=CCC3)C2)cc1. The molecular formula is C19H24N2O3. The van der Waals surface area contributed by atoms with Crippen LogP contribution >= 0.6 is 0 Å². The molecule has 1 spiro atoms. The van der Waals surface area contributed by atoms with Crippen LogP contribution in [0.4, 0.5) is 0 Å². The summed E-state index contributed by atoms with van der Waals surface area (Å²) in [5, 5.41) is 0. The zero-order chi connectivity index (χ0) is 17.0. The first-order chi connectivity index (χ1) is 11.6. The predicted octanol–water partition coefficient (Wildman–Crippen LogP) is 2.51. The highest BCUT2D eigenvalue weighted by Crippen LogP contribution is 2.41. The molecule has 2 aliphatic rings. The Labute approximate surface area is 142 Å². The normalized spacial score (nSPS) is 23.2. The number of carbonyl (C=O) groups excluding carboxylic acids is 2. The van der Waals surface area contributed by atoms with E-state index >= 15 is 0 Å². The molecule has 2 N–H and O–H groups in total. The highest BCUT2D eigenvalue weighted by atomic mass is 16.5. The van der Waals surface area contributed by atoms with E-state index < -0.39 is 5.91 Å². The average molecular weight is 328 g/mol. The first kappa shape index (κ1) is 16.6. The summed E-state index contributed by atoms with van der Waals surface area (Å²) in [6, 6.07) is 6.92. The molecule has 0 aromatic heterocycles. The fourth-order valence-electron chi connectivity index (χ4n) is 3.73. The van der Waals surface area contributed by atoms with Crippen molar-refractivity contribution in [3.63, 3.8) is 0 Å². The van der Waals surface area contributed by atoms with Crippen LogP contribution in [-0.4, -0.2) is 36.4 Å². The molecule has 0 saturated carbocycles. The largest absolute Gasteiger partial charge is 0.484 e. The number of nitrogens with two attached hydrogens (primary N) is 1. The van der Waals surface area contributed by atoms with E-state index in [0.29, 0.717) is 11.3 Å². The number of rotatable bonds is 4. The zero-order valence-corrected chi connectivity index (χ0v) is 13.9. The minimum absolute atomic E-state index is 0.0741. The average Bonchev–Trinajstić information content (AvgIpc) is 2.60. The Kier molecular flexibility index (Phi) is 4.88. The van der Waals surface area contributed by atoms with Crippen LogP contribution in [0.2, 0.25) is 0 Å². The Balaban J connectivity index is 1.65. The van der Waals surface area contributed by atoms with Gasteiger partial charge in [-0.05, 0) is 61.8 Å². The Morgan fingerprint density at radius 1 is 1.17 bits per heavy atom. The number of allylic oxidation sites excluding steroid dienone is 2. The first-order valence-electron chi connectivity index (χ1n) is 8.53. The van der Waals surface area contributed by atoms with E-state index in [1.165, 1.54) is 12.8 Å². The van der Waals surface area contributed by atoms with Gasteiger partial charge in [0.25, 0.3) is 11.8 Å². The van der Waals surface area contributed by atoms with Crippen LogP contribution < -0.4 is 10.5 Å². The van der Waals surface area contributed by atoms with Crippen molar-refractivity contribution < 1.29 is 14.3 Å². The topological polar surface area (TPSA) is 72.6 Å². The van der Waals surface area contributed by atoms with E-state index in [0.717, 1.165) is 32.4 Å².